The number of fused-ring (bicyclic) bond motifs is 1. The molecular formula is C9H9NO2S. The van der Waals surface area contributed by atoms with Crippen LogP contribution in [-0.4, -0.2) is 15.7 Å². The summed E-state index contributed by atoms with van der Waals surface area (Å²) in [4.78, 5) is 11.8. The second-order valence-electron chi connectivity index (χ2n) is 3.05. The Bertz CT molecular complexity index is 462. The molecule has 0 spiro atoms. The lowest BCUT2D eigenvalue weighted by molar-refractivity contribution is 0.0983. The topological polar surface area (TPSA) is 58.0 Å². The summed E-state index contributed by atoms with van der Waals surface area (Å²) in [6.07, 6.45) is 0.235. The number of ketones is 1. The van der Waals surface area contributed by atoms with Crippen molar-refractivity contribution in [2.75, 3.05) is 5.75 Å². The maximum Gasteiger partial charge on any atom is 0.165 e. The van der Waals surface area contributed by atoms with Crippen molar-refractivity contribution in [1.29, 1.82) is 4.78 Å². The van der Waals surface area contributed by atoms with E-state index in [9.17, 15) is 9.00 Å². The monoisotopic (exact) mass is 195 g/mol. The Morgan fingerprint density at radius 1 is 1.31 bits per heavy atom. The molecule has 0 aromatic heterocycles. The molecule has 13 heavy (non-hydrogen) atoms. The van der Waals surface area contributed by atoms with Gasteiger partial charge in [-0.15, -0.1) is 0 Å². The van der Waals surface area contributed by atoms with Crippen LogP contribution in [0.1, 0.15) is 16.8 Å². The average molecular weight is 195 g/mol. The van der Waals surface area contributed by atoms with Gasteiger partial charge in [-0.25, -0.2) is 8.99 Å². The number of rotatable bonds is 0. The van der Waals surface area contributed by atoms with Crippen molar-refractivity contribution < 1.29 is 9.00 Å². The van der Waals surface area contributed by atoms with Gasteiger partial charge in [0.25, 0.3) is 0 Å². The lowest BCUT2D eigenvalue weighted by Gasteiger charge is -2.16. The number of carbonyl (C=O) groups excluding carboxylic acids is 1. The molecule has 0 amide bonds. The minimum Gasteiger partial charge on any atom is -0.294 e. The molecule has 0 aliphatic carbocycles. The molecule has 1 unspecified atom stereocenters. The first-order valence-corrected chi connectivity index (χ1v) is 5.73. The molecule has 0 radical (unpaired) electrons. The highest BCUT2D eigenvalue weighted by molar-refractivity contribution is 7.92. The lowest BCUT2D eigenvalue weighted by Crippen LogP contribution is -2.19. The van der Waals surface area contributed by atoms with Crippen LogP contribution >= 0.6 is 0 Å². The van der Waals surface area contributed by atoms with Gasteiger partial charge in [-0.2, -0.15) is 0 Å². The molecule has 4 heteroatoms. The highest BCUT2D eigenvalue weighted by Gasteiger charge is 2.25. The van der Waals surface area contributed by atoms with E-state index >= 15 is 0 Å². The zero-order chi connectivity index (χ0) is 9.47. The number of hydrogen-bond donors (Lipinski definition) is 1. The molecule has 3 nitrogen and oxygen atoms in total. The molecule has 68 valence electrons. The summed E-state index contributed by atoms with van der Waals surface area (Å²) in [6.45, 7) is 0. The molecule has 0 bridgehead atoms. The predicted octanol–water partition coefficient (Wildman–Crippen LogP) is 1.68. The zero-order valence-electron chi connectivity index (χ0n) is 6.95. The lowest BCUT2D eigenvalue weighted by atomic mass is 10.1. The summed E-state index contributed by atoms with van der Waals surface area (Å²) in [5, 5.41) is 0. The van der Waals surface area contributed by atoms with E-state index in [1.54, 1.807) is 24.3 Å². The van der Waals surface area contributed by atoms with E-state index in [1.165, 1.54) is 0 Å². The van der Waals surface area contributed by atoms with E-state index in [-0.39, 0.29) is 18.0 Å². The van der Waals surface area contributed by atoms with Gasteiger partial charge in [0.15, 0.2) is 5.78 Å². The molecular weight excluding hydrogens is 186 g/mol. The molecule has 1 aliphatic rings. The highest BCUT2D eigenvalue weighted by atomic mass is 32.2. The molecule has 1 N–H and O–H groups in total. The van der Waals surface area contributed by atoms with Crippen LogP contribution in [0.5, 0.6) is 0 Å². The van der Waals surface area contributed by atoms with Gasteiger partial charge in [0.05, 0.1) is 14.6 Å². The van der Waals surface area contributed by atoms with E-state index in [1.807, 2.05) is 0 Å². The van der Waals surface area contributed by atoms with Gasteiger partial charge >= 0.3 is 0 Å². The molecule has 0 fully saturated rings. The van der Waals surface area contributed by atoms with Crippen LogP contribution < -0.4 is 0 Å². The molecule has 2 rings (SSSR count). The standard InChI is InChI=1S/C9H9NO2S/c10-13(12)6-5-8(11)7-3-1-2-4-9(7)13/h1-4,10H,5-6H2. The molecule has 1 heterocycles. The molecule has 0 saturated heterocycles. The zero-order valence-corrected chi connectivity index (χ0v) is 7.76. The number of benzene rings is 1. The summed E-state index contributed by atoms with van der Waals surface area (Å²) in [7, 11) is -2.70. The normalized spacial score (nSPS) is 26.9. The summed E-state index contributed by atoms with van der Waals surface area (Å²) >= 11 is 0. The second-order valence-corrected chi connectivity index (χ2v) is 5.25. The Balaban J connectivity index is 2.76. The van der Waals surface area contributed by atoms with Crippen molar-refractivity contribution in [2.24, 2.45) is 0 Å². The van der Waals surface area contributed by atoms with Crippen LogP contribution in [0.15, 0.2) is 29.2 Å². The van der Waals surface area contributed by atoms with Crippen molar-refractivity contribution >= 4 is 15.5 Å². The fourth-order valence-electron chi connectivity index (χ4n) is 1.47. The summed E-state index contributed by atoms with van der Waals surface area (Å²) in [6, 6.07) is 6.70. The first-order valence-electron chi connectivity index (χ1n) is 4.00. The quantitative estimate of drug-likeness (QED) is 0.684. The van der Waals surface area contributed by atoms with Gasteiger partial charge in [-0.05, 0) is 6.07 Å². The van der Waals surface area contributed by atoms with Gasteiger partial charge in [0.1, 0.15) is 0 Å². The SMILES string of the molecule is N=S1(=O)CCC(=O)c2ccccc21. The van der Waals surface area contributed by atoms with E-state index in [0.717, 1.165) is 0 Å². The molecule has 0 saturated carbocycles. The van der Waals surface area contributed by atoms with Gasteiger partial charge in [0, 0.05) is 17.7 Å². The third-order valence-electron chi connectivity index (χ3n) is 2.16. The van der Waals surface area contributed by atoms with Crippen LogP contribution in [0.25, 0.3) is 0 Å². The van der Waals surface area contributed by atoms with E-state index in [0.29, 0.717) is 10.5 Å². The number of hydrogen-bond acceptors (Lipinski definition) is 3. The summed E-state index contributed by atoms with van der Waals surface area (Å²) < 4.78 is 19.3. The minimum absolute atomic E-state index is 0.00169. The fraction of sp³-hybridized carbons (Fsp3) is 0.222. The number of carbonyl (C=O) groups is 1. The van der Waals surface area contributed by atoms with Crippen molar-refractivity contribution in [3.63, 3.8) is 0 Å². The Hall–Kier alpha value is -1.16. The van der Waals surface area contributed by atoms with Gasteiger partial charge < -0.3 is 0 Å². The van der Waals surface area contributed by atoms with Gasteiger partial charge in [0.2, 0.25) is 0 Å². The Morgan fingerprint density at radius 3 is 2.69 bits per heavy atom. The molecule has 1 aromatic carbocycles. The average Bonchev–Trinajstić information content (AvgIpc) is 2.13. The highest BCUT2D eigenvalue weighted by Crippen LogP contribution is 2.24. The first-order chi connectivity index (χ1) is 6.11. The fourth-order valence-corrected chi connectivity index (χ4v) is 2.99. The van der Waals surface area contributed by atoms with Crippen LogP contribution in [0.4, 0.5) is 0 Å². The third kappa shape index (κ3) is 1.27. The summed E-state index contributed by atoms with van der Waals surface area (Å²) in [5.41, 5.74) is 0.466. The second kappa shape index (κ2) is 2.67. The van der Waals surface area contributed by atoms with Gasteiger partial charge in [-0.3, -0.25) is 4.79 Å². The summed E-state index contributed by atoms with van der Waals surface area (Å²) in [5.74, 6) is 0.171. The number of Topliss-reactive ketones (excluding diaryl/α,β-unsaturated/α-hetero) is 1. The van der Waals surface area contributed by atoms with Crippen LogP contribution in [0.3, 0.4) is 0 Å². The van der Waals surface area contributed by atoms with Crippen LogP contribution in [-0.2, 0) is 9.73 Å². The molecule has 1 aromatic rings. The van der Waals surface area contributed by atoms with Crippen LogP contribution in [0, 0.1) is 4.78 Å². The van der Waals surface area contributed by atoms with Crippen molar-refractivity contribution in [2.45, 2.75) is 11.3 Å². The van der Waals surface area contributed by atoms with E-state index < -0.39 is 9.73 Å². The maximum atomic E-state index is 11.7. The Kier molecular flexibility index (Phi) is 1.73. The van der Waals surface area contributed by atoms with Crippen molar-refractivity contribution in [1.82, 2.24) is 0 Å². The Labute approximate surface area is 76.8 Å². The smallest absolute Gasteiger partial charge is 0.165 e. The first kappa shape index (κ1) is 8.44. The van der Waals surface area contributed by atoms with E-state index in [4.69, 9.17) is 4.78 Å². The van der Waals surface area contributed by atoms with Gasteiger partial charge in [-0.1, -0.05) is 18.2 Å². The predicted molar refractivity (Wildman–Crippen MR) is 49.4 cm³/mol. The Morgan fingerprint density at radius 2 is 2.00 bits per heavy atom. The van der Waals surface area contributed by atoms with E-state index in [2.05, 4.69) is 0 Å². The maximum absolute atomic E-state index is 11.7. The molecule has 1 aliphatic heterocycles. The van der Waals surface area contributed by atoms with Crippen molar-refractivity contribution in [3.8, 4) is 0 Å². The van der Waals surface area contributed by atoms with Crippen molar-refractivity contribution in [3.05, 3.63) is 29.8 Å². The third-order valence-corrected chi connectivity index (χ3v) is 4.00. The molecule has 1 atom stereocenters. The minimum atomic E-state index is -2.70. The largest absolute Gasteiger partial charge is 0.294 e. The number of nitrogens with one attached hydrogen (secondary N) is 1. The van der Waals surface area contributed by atoms with Crippen LogP contribution in [0.2, 0.25) is 0 Å².